The standard InChI is InChI=1S/C19H16ClN3OS/c1-11-10-23-16-8-7-12(25-2)9-14(16)17(22-19(24)18(23)21-11)13-5-3-4-6-15(13)20/h3-10,19,24H,1-2H3. The Labute approximate surface area is 155 Å². The van der Waals surface area contributed by atoms with Gasteiger partial charge in [0.15, 0.2) is 5.82 Å². The lowest BCUT2D eigenvalue weighted by atomic mass is 10.0. The van der Waals surface area contributed by atoms with Crippen molar-refractivity contribution in [2.75, 3.05) is 6.26 Å². The van der Waals surface area contributed by atoms with E-state index in [1.165, 1.54) is 0 Å². The highest BCUT2D eigenvalue weighted by molar-refractivity contribution is 7.98. The van der Waals surface area contributed by atoms with E-state index in [0.29, 0.717) is 16.6 Å². The maximum atomic E-state index is 10.7. The molecule has 0 bridgehead atoms. The maximum absolute atomic E-state index is 10.7. The van der Waals surface area contributed by atoms with Gasteiger partial charge in [0.2, 0.25) is 6.23 Å². The van der Waals surface area contributed by atoms with Crippen molar-refractivity contribution in [2.45, 2.75) is 18.0 Å². The third-order valence-electron chi connectivity index (χ3n) is 4.18. The number of hydrogen-bond donors (Lipinski definition) is 1. The Bertz CT molecular complexity index is 996. The Hall–Kier alpha value is -2.08. The van der Waals surface area contributed by atoms with E-state index in [1.807, 2.05) is 54.3 Å². The third kappa shape index (κ3) is 2.78. The van der Waals surface area contributed by atoms with Crippen molar-refractivity contribution in [3.05, 3.63) is 76.3 Å². The fraction of sp³-hybridized carbons (Fsp3) is 0.158. The summed E-state index contributed by atoms with van der Waals surface area (Å²) in [5.74, 6) is 0.512. The van der Waals surface area contributed by atoms with Gasteiger partial charge in [-0.2, -0.15) is 0 Å². The number of aliphatic hydroxyl groups is 1. The van der Waals surface area contributed by atoms with Crippen LogP contribution in [0, 0.1) is 6.92 Å². The van der Waals surface area contributed by atoms with E-state index in [-0.39, 0.29) is 0 Å². The van der Waals surface area contributed by atoms with Crippen molar-refractivity contribution in [1.29, 1.82) is 0 Å². The molecular weight excluding hydrogens is 354 g/mol. The Morgan fingerprint density at radius 3 is 2.72 bits per heavy atom. The maximum Gasteiger partial charge on any atom is 0.205 e. The average molecular weight is 370 g/mol. The SMILES string of the molecule is CSc1ccc2c(c1)C(c1ccccc1Cl)=NC(O)c1nc(C)cn1-2. The van der Waals surface area contributed by atoms with E-state index in [2.05, 4.69) is 22.1 Å². The molecule has 4 nitrogen and oxygen atoms in total. The van der Waals surface area contributed by atoms with Crippen LogP contribution in [0.2, 0.25) is 5.02 Å². The first kappa shape index (κ1) is 16.4. The number of aryl methyl sites for hydroxylation is 1. The minimum absolute atomic E-state index is 0.512. The highest BCUT2D eigenvalue weighted by Gasteiger charge is 2.26. The van der Waals surface area contributed by atoms with Gasteiger partial charge in [0.1, 0.15) is 0 Å². The monoisotopic (exact) mass is 369 g/mol. The van der Waals surface area contributed by atoms with Gasteiger partial charge in [-0.1, -0.05) is 29.8 Å². The Morgan fingerprint density at radius 2 is 1.96 bits per heavy atom. The predicted molar refractivity (Wildman–Crippen MR) is 102 cm³/mol. The Morgan fingerprint density at radius 1 is 1.16 bits per heavy atom. The molecule has 2 heterocycles. The van der Waals surface area contributed by atoms with Gasteiger partial charge in [-0.15, -0.1) is 11.8 Å². The molecule has 1 aliphatic rings. The number of aliphatic hydroxyl groups excluding tert-OH is 1. The van der Waals surface area contributed by atoms with Crippen molar-refractivity contribution < 1.29 is 5.11 Å². The number of aliphatic imine (C=N–C) groups is 1. The van der Waals surface area contributed by atoms with Crippen molar-refractivity contribution >= 4 is 29.1 Å². The fourth-order valence-corrected chi connectivity index (χ4v) is 3.72. The topological polar surface area (TPSA) is 50.4 Å². The number of hydrogen-bond acceptors (Lipinski definition) is 4. The first-order chi connectivity index (χ1) is 12.1. The molecule has 0 saturated carbocycles. The average Bonchev–Trinajstić information content (AvgIpc) is 2.97. The van der Waals surface area contributed by atoms with E-state index in [0.717, 1.165) is 27.4 Å². The first-order valence-corrected chi connectivity index (χ1v) is 9.44. The molecule has 6 heteroatoms. The molecule has 0 spiro atoms. The molecule has 1 unspecified atom stereocenters. The number of rotatable bonds is 2. The molecule has 0 saturated heterocycles. The largest absolute Gasteiger partial charge is 0.365 e. The number of nitrogens with zero attached hydrogens (tertiary/aromatic N) is 3. The highest BCUT2D eigenvalue weighted by atomic mass is 35.5. The van der Waals surface area contributed by atoms with E-state index >= 15 is 0 Å². The van der Waals surface area contributed by atoms with Crippen molar-refractivity contribution in [2.24, 2.45) is 4.99 Å². The molecule has 0 fully saturated rings. The van der Waals surface area contributed by atoms with Crippen LogP contribution in [0.4, 0.5) is 0 Å². The van der Waals surface area contributed by atoms with Crippen molar-refractivity contribution in [3.63, 3.8) is 0 Å². The van der Waals surface area contributed by atoms with Gasteiger partial charge in [0, 0.05) is 27.2 Å². The van der Waals surface area contributed by atoms with E-state index in [9.17, 15) is 5.11 Å². The van der Waals surface area contributed by atoms with Gasteiger partial charge in [-0.25, -0.2) is 9.98 Å². The van der Waals surface area contributed by atoms with E-state index in [4.69, 9.17) is 11.6 Å². The summed E-state index contributed by atoms with van der Waals surface area (Å²) in [7, 11) is 0. The van der Waals surface area contributed by atoms with E-state index < -0.39 is 6.23 Å². The van der Waals surface area contributed by atoms with Crippen LogP contribution in [0.25, 0.3) is 5.69 Å². The second kappa shape index (κ2) is 6.33. The summed E-state index contributed by atoms with van der Waals surface area (Å²) in [6.07, 6.45) is 2.90. The molecule has 0 amide bonds. The zero-order valence-corrected chi connectivity index (χ0v) is 15.3. The van der Waals surface area contributed by atoms with Gasteiger partial charge >= 0.3 is 0 Å². The van der Waals surface area contributed by atoms with Crippen LogP contribution in [-0.2, 0) is 0 Å². The summed E-state index contributed by atoms with van der Waals surface area (Å²) >= 11 is 8.08. The number of benzene rings is 2. The molecule has 2 aromatic carbocycles. The van der Waals surface area contributed by atoms with Gasteiger partial charge in [-0.05, 0) is 37.4 Å². The quantitative estimate of drug-likeness (QED) is 0.681. The molecule has 126 valence electrons. The minimum Gasteiger partial charge on any atom is -0.365 e. The summed E-state index contributed by atoms with van der Waals surface area (Å²) in [4.78, 5) is 10.1. The van der Waals surface area contributed by atoms with E-state index in [1.54, 1.807) is 11.8 Å². The Balaban J connectivity index is 2.04. The summed E-state index contributed by atoms with van der Waals surface area (Å²) in [6.45, 7) is 1.91. The molecule has 1 aliphatic heterocycles. The number of halogens is 1. The fourth-order valence-electron chi connectivity index (χ4n) is 3.05. The van der Waals surface area contributed by atoms with Gasteiger partial charge < -0.3 is 5.11 Å². The predicted octanol–water partition coefficient (Wildman–Crippen LogP) is 4.40. The van der Waals surface area contributed by atoms with Gasteiger partial charge in [0.25, 0.3) is 0 Å². The number of imidazole rings is 1. The summed E-state index contributed by atoms with van der Waals surface area (Å²) in [5.41, 5.74) is 4.17. The molecule has 4 rings (SSSR count). The van der Waals surface area contributed by atoms with Crippen LogP contribution in [0.3, 0.4) is 0 Å². The van der Waals surface area contributed by atoms with Crippen LogP contribution in [0.15, 0.2) is 58.5 Å². The second-order valence-electron chi connectivity index (χ2n) is 5.82. The number of thioether (sulfide) groups is 1. The Kier molecular flexibility index (Phi) is 4.15. The van der Waals surface area contributed by atoms with Crippen LogP contribution in [0.5, 0.6) is 0 Å². The zero-order chi connectivity index (χ0) is 17.6. The van der Waals surface area contributed by atoms with Crippen LogP contribution >= 0.6 is 23.4 Å². The number of fused-ring (bicyclic) bond motifs is 3. The van der Waals surface area contributed by atoms with Crippen LogP contribution < -0.4 is 0 Å². The molecule has 1 N–H and O–H groups in total. The lowest BCUT2D eigenvalue weighted by Crippen LogP contribution is -2.08. The first-order valence-electron chi connectivity index (χ1n) is 7.84. The molecule has 1 atom stereocenters. The summed E-state index contributed by atoms with van der Waals surface area (Å²) in [6, 6.07) is 13.7. The van der Waals surface area contributed by atoms with Crippen LogP contribution in [-0.4, -0.2) is 26.6 Å². The van der Waals surface area contributed by atoms with Crippen molar-refractivity contribution in [3.8, 4) is 5.69 Å². The molecule has 1 aromatic heterocycles. The van der Waals surface area contributed by atoms with Crippen molar-refractivity contribution in [1.82, 2.24) is 9.55 Å². The molecule has 0 aliphatic carbocycles. The molecule has 3 aromatic rings. The third-order valence-corrected chi connectivity index (χ3v) is 5.24. The minimum atomic E-state index is -1.05. The lowest BCUT2D eigenvalue weighted by Gasteiger charge is -2.13. The van der Waals surface area contributed by atoms with Gasteiger partial charge in [-0.3, -0.25) is 4.57 Å². The molecular formula is C19H16ClN3OS. The summed E-state index contributed by atoms with van der Waals surface area (Å²) < 4.78 is 1.91. The summed E-state index contributed by atoms with van der Waals surface area (Å²) in [5, 5.41) is 11.3. The smallest absolute Gasteiger partial charge is 0.205 e. The lowest BCUT2D eigenvalue weighted by molar-refractivity contribution is 0.177. The molecule has 0 radical (unpaired) electrons. The normalized spacial score (nSPS) is 16.0. The second-order valence-corrected chi connectivity index (χ2v) is 7.11. The zero-order valence-electron chi connectivity index (χ0n) is 13.8. The molecule has 25 heavy (non-hydrogen) atoms. The number of aromatic nitrogens is 2. The van der Waals surface area contributed by atoms with Gasteiger partial charge in [0.05, 0.1) is 17.1 Å². The highest BCUT2D eigenvalue weighted by Crippen LogP contribution is 2.33. The van der Waals surface area contributed by atoms with Crippen LogP contribution in [0.1, 0.15) is 28.9 Å².